The van der Waals surface area contributed by atoms with Crippen molar-refractivity contribution in [2.24, 2.45) is 10.9 Å². The van der Waals surface area contributed by atoms with Gasteiger partial charge in [0.1, 0.15) is 0 Å². The van der Waals surface area contributed by atoms with Gasteiger partial charge in [-0.2, -0.15) is 0 Å². The van der Waals surface area contributed by atoms with Gasteiger partial charge in [0.25, 0.3) is 11.8 Å². The van der Waals surface area contributed by atoms with E-state index in [1.54, 1.807) is 37.5 Å². The molecule has 2 amide bonds. The van der Waals surface area contributed by atoms with Crippen LogP contribution in [-0.4, -0.2) is 70.4 Å². The van der Waals surface area contributed by atoms with Crippen LogP contribution in [-0.2, 0) is 0 Å². The number of amides is 2. The number of hydrogen-bond donors (Lipinski definition) is 1. The lowest BCUT2D eigenvalue weighted by atomic mass is 9.93. The monoisotopic (exact) mass is 394 g/mol. The van der Waals surface area contributed by atoms with E-state index in [0.29, 0.717) is 36.2 Å². The highest BCUT2D eigenvalue weighted by molar-refractivity contribution is 6.21. The predicted octanol–water partition coefficient (Wildman–Crippen LogP) is 1.64. The second-order valence-electron chi connectivity index (χ2n) is 7.57. The third-order valence-electron chi connectivity index (χ3n) is 5.83. The number of imide groups is 1. The number of likely N-dealkylation sites (tertiary alicyclic amines) is 1. The van der Waals surface area contributed by atoms with Crippen molar-refractivity contribution >= 4 is 17.8 Å². The number of aliphatic imine (C=N–C) groups is 1. The van der Waals surface area contributed by atoms with Gasteiger partial charge < -0.3 is 14.8 Å². The molecule has 2 aliphatic rings. The number of nitrogens with zero attached hydrogens (tertiary/aromatic N) is 5. The number of guanidine groups is 1. The Hall–Kier alpha value is -3.16. The molecule has 1 aromatic carbocycles. The van der Waals surface area contributed by atoms with Crippen molar-refractivity contribution in [3.63, 3.8) is 0 Å². The number of rotatable bonds is 4. The molecule has 0 aliphatic carbocycles. The summed E-state index contributed by atoms with van der Waals surface area (Å²) < 4.78 is 2.16. The van der Waals surface area contributed by atoms with E-state index >= 15 is 0 Å². The first-order valence-electron chi connectivity index (χ1n) is 9.98. The van der Waals surface area contributed by atoms with Gasteiger partial charge in [-0.15, -0.1) is 0 Å². The van der Waals surface area contributed by atoms with Crippen LogP contribution in [0.15, 0.2) is 48.0 Å². The lowest BCUT2D eigenvalue weighted by Crippen LogP contribution is -2.50. The highest BCUT2D eigenvalue weighted by Crippen LogP contribution is 2.27. The Balaban J connectivity index is 1.36. The van der Waals surface area contributed by atoms with Crippen molar-refractivity contribution in [1.29, 1.82) is 0 Å². The molecule has 2 aliphatic heterocycles. The van der Waals surface area contributed by atoms with Crippen LogP contribution in [0.25, 0.3) is 0 Å². The third kappa shape index (κ3) is 3.62. The number of carbonyl (C=O) groups excluding carboxylic acids is 2. The Morgan fingerprint density at radius 3 is 2.59 bits per heavy atom. The Labute approximate surface area is 170 Å². The zero-order valence-corrected chi connectivity index (χ0v) is 16.8. The van der Waals surface area contributed by atoms with E-state index in [-0.39, 0.29) is 11.8 Å². The van der Waals surface area contributed by atoms with Crippen LogP contribution < -0.4 is 5.32 Å². The molecule has 0 saturated carbocycles. The predicted molar refractivity (Wildman–Crippen MR) is 110 cm³/mol. The normalized spacial score (nSPS) is 22.2. The minimum Gasteiger partial charge on any atom is -0.354 e. The summed E-state index contributed by atoms with van der Waals surface area (Å²) in [5, 5.41) is 3.32. The molecule has 0 spiro atoms. The summed E-state index contributed by atoms with van der Waals surface area (Å²) in [6.07, 6.45) is 6.73. The minimum absolute atomic E-state index is 0.227. The van der Waals surface area contributed by atoms with E-state index in [9.17, 15) is 9.59 Å². The third-order valence-corrected chi connectivity index (χ3v) is 5.83. The van der Waals surface area contributed by atoms with Crippen LogP contribution in [0, 0.1) is 5.92 Å². The Bertz CT molecular complexity index is 888. The van der Waals surface area contributed by atoms with Crippen molar-refractivity contribution in [1.82, 2.24) is 24.7 Å². The second-order valence-corrected chi connectivity index (χ2v) is 7.57. The quantitative estimate of drug-likeness (QED) is 0.484. The van der Waals surface area contributed by atoms with E-state index < -0.39 is 0 Å². The summed E-state index contributed by atoms with van der Waals surface area (Å²) in [5.41, 5.74) is 0.963. The van der Waals surface area contributed by atoms with Crippen molar-refractivity contribution in [3.8, 4) is 0 Å². The average molecular weight is 394 g/mol. The maximum atomic E-state index is 12.5. The van der Waals surface area contributed by atoms with Crippen LogP contribution in [0.2, 0.25) is 0 Å². The molecule has 152 valence electrons. The highest BCUT2D eigenvalue weighted by Gasteiger charge is 2.35. The van der Waals surface area contributed by atoms with Gasteiger partial charge in [0, 0.05) is 45.6 Å². The number of aromatic nitrogens is 2. The number of carbonyl (C=O) groups is 2. The lowest BCUT2D eigenvalue weighted by Gasteiger charge is -2.39. The number of nitrogens with one attached hydrogen (secondary N) is 1. The van der Waals surface area contributed by atoms with Crippen LogP contribution in [0.4, 0.5) is 0 Å². The molecule has 0 bridgehead atoms. The first kappa shape index (κ1) is 19.2. The molecule has 1 saturated heterocycles. The largest absolute Gasteiger partial charge is 0.354 e. The van der Waals surface area contributed by atoms with Gasteiger partial charge in [0.05, 0.1) is 23.5 Å². The fourth-order valence-electron chi connectivity index (χ4n) is 4.15. The summed E-state index contributed by atoms with van der Waals surface area (Å²) in [4.78, 5) is 37.1. The summed E-state index contributed by atoms with van der Waals surface area (Å²) in [6, 6.07) is 7.30. The van der Waals surface area contributed by atoms with E-state index in [1.807, 2.05) is 12.5 Å². The van der Waals surface area contributed by atoms with E-state index in [1.165, 1.54) is 4.90 Å². The number of hydrogen-bond acceptors (Lipinski definition) is 4. The van der Waals surface area contributed by atoms with Crippen LogP contribution in [0.5, 0.6) is 0 Å². The van der Waals surface area contributed by atoms with Gasteiger partial charge in [-0.3, -0.25) is 19.5 Å². The number of fused-ring (bicyclic) bond motifs is 1. The zero-order valence-electron chi connectivity index (χ0n) is 16.8. The molecule has 4 rings (SSSR count). The number of piperidine rings is 1. The maximum Gasteiger partial charge on any atom is 0.261 e. The summed E-state index contributed by atoms with van der Waals surface area (Å²) in [7, 11) is 1.76. The summed E-state index contributed by atoms with van der Waals surface area (Å²) in [5.74, 6) is 0.888. The van der Waals surface area contributed by atoms with Gasteiger partial charge in [-0.05, 0) is 24.5 Å². The fourth-order valence-corrected chi connectivity index (χ4v) is 4.15. The van der Waals surface area contributed by atoms with Crippen molar-refractivity contribution in [2.45, 2.75) is 19.4 Å². The second kappa shape index (κ2) is 8.06. The smallest absolute Gasteiger partial charge is 0.261 e. The van der Waals surface area contributed by atoms with Gasteiger partial charge in [0.15, 0.2) is 5.96 Å². The molecule has 0 radical (unpaired) electrons. The SMILES string of the molecule is CN=C(NCCN1C(=O)c2ccccc2C1=O)N1CCC(C)C(n2ccnc2)C1. The van der Waals surface area contributed by atoms with Crippen LogP contribution in [0.1, 0.15) is 40.1 Å². The Kier molecular flexibility index (Phi) is 5.33. The highest BCUT2D eigenvalue weighted by atomic mass is 16.2. The van der Waals surface area contributed by atoms with Crippen LogP contribution in [0.3, 0.4) is 0 Å². The van der Waals surface area contributed by atoms with Crippen molar-refractivity contribution in [3.05, 3.63) is 54.1 Å². The first-order valence-corrected chi connectivity index (χ1v) is 9.98. The van der Waals surface area contributed by atoms with E-state index in [4.69, 9.17) is 0 Å². The fraction of sp³-hybridized carbons (Fsp3) is 0.429. The minimum atomic E-state index is -0.227. The molecule has 8 heteroatoms. The summed E-state index contributed by atoms with van der Waals surface area (Å²) >= 11 is 0. The molecule has 2 aromatic rings. The zero-order chi connectivity index (χ0) is 20.4. The molecule has 3 heterocycles. The van der Waals surface area contributed by atoms with Gasteiger partial charge >= 0.3 is 0 Å². The lowest BCUT2D eigenvalue weighted by molar-refractivity contribution is 0.0656. The Morgan fingerprint density at radius 2 is 1.97 bits per heavy atom. The molecular formula is C21H26N6O2. The topological polar surface area (TPSA) is 82.8 Å². The Morgan fingerprint density at radius 1 is 1.24 bits per heavy atom. The van der Waals surface area contributed by atoms with Crippen molar-refractivity contribution < 1.29 is 9.59 Å². The number of benzene rings is 1. The van der Waals surface area contributed by atoms with Gasteiger partial charge in [-0.1, -0.05) is 19.1 Å². The van der Waals surface area contributed by atoms with Gasteiger partial charge in [0.2, 0.25) is 0 Å². The first-order chi connectivity index (χ1) is 14.1. The molecule has 2 unspecified atom stereocenters. The molecule has 2 atom stereocenters. The standard InChI is InChI=1S/C21H26N6O2/c1-15-7-10-25(13-18(15)26-11-8-23-14-26)21(22-2)24-9-12-27-19(28)16-5-3-4-6-17(16)20(27)29/h3-6,8,11,14-15,18H,7,9-10,12-13H2,1-2H3,(H,22,24). The maximum absolute atomic E-state index is 12.5. The average Bonchev–Trinajstić information content (AvgIpc) is 3.35. The van der Waals surface area contributed by atoms with Crippen molar-refractivity contribution in [2.75, 3.05) is 33.2 Å². The van der Waals surface area contributed by atoms with Gasteiger partial charge in [-0.25, -0.2) is 4.98 Å². The molecule has 1 aromatic heterocycles. The summed E-state index contributed by atoms with van der Waals surface area (Å²) in [6.45, 7) is 4.78. The number of imidazole rings is 1. The van der Waals surface area contributed by atoms with E-state index in [0.717, 1.165) is 25.5 Å². The molecule has 1 N–H and O–H groups in total. The molecule has 8 nitrogen and oxygen atoms in total. The molecule has 29 heavy (non-hydrogen) atoms. The van der Waals surface area contributed by atoms with E-state index in [2.05, 4.69) is 31.7 Å². The van der Waals surface area contributed by atoms with Crippen LogP contribution >= 0.6 is 0 Å². The molecule has 1 fully saturated rings. The molecular weight excluding hydrogens is 368 g/mol.